The highest BCUT2D eigenvalue weighted by Gasteiger charge is 2.02. The van der Waals surface area contributed by atoms with Gasteiger partial charge in [-0.25, -0.2) is 4.79 Å². The van der Waals surface area contributed by atoms with Crippen LogP contribution in [0.2, 0.25) is 0 Å². The summed E-state index contributed by atoms with van der Waals surface area (Å²) in [5, 5.41) is 11.6. The molecule has 0 amide bonds. The summed E-state index contributed by atoms with van der Waals surface area (Å²) in [6.45, 7) is 1.27. The number of H-pyrrole nitrogens is 1. The van der Waals surface area contributed by atoms with Crippen LogP contribution >= 0.6 is 0 Å². The van der Waals surface area contributed by atoms with Crippen LogP contribution in [0.15, 0.2) is 27.4 Å². The number of nitrogens with one attached hydrogen (secondary N) is 2. The first-order valence-corrected chi connectivity index (χ1v) is 5.69. The Hall–Kier alpha value is -2.08. The molecule has 0 aliphatic heterocycles. The average molecular weight is 250 g/mol. The lowest BCUT2D eigenvalue weighted by molar-refractivity contribution is -0.137. The zero-order valence-electron chi connectivity index (χ0n) is 9.73. The van der Waals surface area contributed by atoms with Crippen molar-refractivity contribution in [2.75, 3.05) is 6.54 Å². The lowest BCUT2D eigenvalue weighted by atomic mass is 10.2. The predicted molar refractivity (Wildman–Crippen MR) is 65.4 cm³/mol. The molecule has 1 aromatic heterocycles. The minimum absolute atomic E-state index is 0.168. The molecule has 0 saturated carbocycles. The van der Waals surface area contributed by atoms with Crippen LogP contribution in [0.1, 0.15) is 18.4 Å². The lowest BCUT2D eigenvalue weighted by Gasteiger charge is -2.03. The van der Waals surface area contributed by atoms with Gasteiger partial charge in [0, 0.05) is 13.0 Å². The van der Waals surface area contributed by atoms with E-state index >= 15 is 0 Å². The van der Waals surface area contributed by atoms with E-state index in [0.717, 1.165) is 5.56 Å². The van der Waals surface area contributed by atoms with Gasteiger partial charge in [-0.3, -0.25) is 9.78 Å². The van der Waals surface area contributed by atoms with Gasteiger partial charge in [0.25, 0.3) is 0 Å². The van der Waals surface area contributed by atoms with E-state index in [2.05, 4.69) is 10.3 Å². The van der Waals surface area contributed by atoms with Gasteiger partial charge in [-0.15, -0.1) is 0 Å². The Kier molecular flexibility index (Phi) is 3.78. The molecule has 0 aliphatic rings. The largest absolute Gasteiger partial charge is 0.481 e. The van der Waals surface area contributed by atoms with Crippen molar-refractivity contribution in [3.05, 3.63) is 34.3 Å². The first-order valence-electron chi connectivity index (χ1n) is 5.69. The van der Waals surface area contributed by atoms with E-state index in [1.165, 1.54) is 0 Å². The third-order valence-corrected chi connectivity index (χ3v) is 2.56. The SMILES string of the molecule is O=C(O)CCCNCc1ccc2oc(=O)[nH]c2c1. The summed E-state index contributed by atoms with van der Waals surface area (Å²) in [5.74, 6) is -1.24. The first kappa shape index (κ1) is 12.4. The number of fused-ring (bicyclic) bond motifs is 1. The van der Waals surface area contributed by atoms with Crippen molar-refractivity contribution in [1.82, 2.24) is 10.3 Å². The fraction of sp³-hybridized carbons (Fsp3) is 0.333. The standard InChI is InChI=1S/C12H14N2O4/c15-11(16)2-1-5-13-7-8-3-4-10-9(6-8)14-12(17)18-10/h3-4,6,13H,1-2,5,7H2,(H,14,17)(H,15,16). The van der Waals surface area contributed by atoms with Crippen molar-refractivity contribution < 1.29 is 14.3 Å². The zero-order chi connectivity index (χ0) is 13.0. The quantitative estimate of drug-likeness (QED) is 0.667. The maximum atomic E-state index is 11.0. The summed E-state index contributed by atoms with van der Waals surface area (Å²) in [4.78, 5) is 23.9. The second-order valence-electron chi connectivity index (χ2n) is 4.02. The maximum absolute atomic E-state index is 11.0. The van der Waals surface area contributed by atoms with Gasteiger partial charge in [0.2, 0.25) is 0 Å². The molecule has 0 radical (unpaired) electrons. The second kappa shape index (κ2) is 5.50. The predicted octanol–water partition coefficient (Wildman–Crippen LogP) is 1.08. The smallest absolute Gasteiger partial charge is 0.417 e. The Morgan fingerprint density at radius 2 is 2.28 bits per heavy atom. The zero-order valence-corrected chi connectivity index (χ0v) is 9.73. The van der Waals surface area contributed by atoms with E-state index in [9.17, 15) is 9.59 Å². The number of oxazole rings is 1. The van der Waals surface area contributed by atoms with Gasteiger partial charge in [0.1, 0.15) is 0 Å². The number of carboxylic acids is 1. The molecule has 6 nitrogen and oxygen atoms in total. The third kappa shape index (κ3) is 3.21. The first-order chi connectivity index (χ1) is 8.65. The summed E-state index contributed by atoms with van der Waals surface area (Å²) < 4.78 is 4.90. The van der Waals surface area contributed by atoms with Gasteiger partial charge < -0.3 is 14.8 Å². The van der Waals surface area contributed by atoms with Gasteiger partial charge in [-0.05, 0) is 30.7 Å². The number of hydrogen-bond acceptors (Lipinski definition) is 4. The molecule has 0 unspecified atom stereocenters. The molecule has 0 saturated heterocycles. The normalized spacial score (nSPS) is 10.9. The van der Waals surface area contributed by atoms with Crippen molar-refractivity contribution in [2.45, 2.75) is 19.4 Å². The third-order valence-electron chi connectivity index (χ3n) is 2.56. The van der Waals surface area contributed by atoms with E-state index in [-0.39, 0.29) is 6.42 Å². The summed E-state index contributed by atoms with van der Waals surface area (Å²) in [6, 6.07) is 5.44. The fourth-order valence-corrected chi connectivity index (χ4v) is 1.71. The number of rotatable bonds is 6. The Labute approximate surface area is 103 Å². The van der Waals surface area contributed by atoms with Crippen LogP contribution in [-0.2, 0) is 11.3 Å². The molecule has 18 heavy (non-hydrogen) atoms. The van der Waals surface area contributed by atoms with Crippen molar-refractivity contribution in [1.29, 1.82) is 0 Å². The van der Waals surface area contributed by atoms with Gasteiger partial charge in [0.15, 0.2) is 5.58 Å². The molecule has 2 aromatic rings. The fourth-order valence-electron chi connectivity index (χ4n) is 1.71. The van der Waals surface area contributed by atoms with E-state index in [0.29, 0.717) is 30.6 Å². The van der Waals surface area contributed by atoms with Gasteiger partial charge in [-0.2, -0.15) is 0 Å². The number of benzene rings is 1. The monoisotopic (exact) mass is 250 g/mol. The number of carbonyl (C=O) groups is 1. The van der Waals surface area contributed by atoms with Crippen LogP contribution in [0.3, 0.4) is 0 Å². The molecular weight excluding hydrogens is 236 g/mol. The highest BCUT2D eigenvalue weighted by Crippen LogP contribution is 2.11. The highest BCUT2D eigenvalue weighted by molar-refractivity contribution is 5.72. The molecule has 3 N–H and O–H groups in total. The Morgan fingerprint density at radius 1 is 1.44 bits per heavy atom. The van der Waals surface area contributed by atoms with Crippen molar-refractivity contribution in [3.63, 3.8) is 0 Å². The van der Waals surface area contributed by atoms with Gasteiger partial charge in [0.05, 0.1) is 5.52 Å². The molecular formula is C12H14N2O4. The van der Waals surface area contributed by atoms with Crippen molar-refractivity contribution in [3.8, 4) is 0 Å². The molecule has 0 fully saturated rings. The van der Waals surface area contributed by atoms with Crippen LogP contribution < -0.4 is 11.1 Å². The van der Waals surface area contributed by atoms with E-state index in [4.69, 9.17) is 9.52 Å². The van der Waals surface area contributed by atoms with Crippen molar-refractivity contribution in [2.24, 2.45) is 0 Å². The number of aromatic nitrogens is 1. The van der Waals surface area contributed by atoms with Crippen LogP contribution in [-0.4, -0.2) is 22.6 Å². The van der Waals surface area contributed by atoms with E-state index in [1.807, 2.05) is 12.1 Å². The molecule has 2 rings (SSSR count). The topological polar surface area (TPSA) is 95.3 Å². The van der Waals surface area contributed by atoms with Crippen LogP contribution in [0.25, 0.3) is 11.1 Å². The van der Waals surface area contributed by atoms with E-state index < -0.39 is 11.7 Å². The van der Waals surface area contributed by atoms with Crippen LogP contribution in [0.4, 0.5) is 0 Å². The Bertz CT molecular complexity index is 599. The van der Waals surface area contributed by atoms with E-state index in [1.54, 1.807) is 6.07 Å². The minimum atomic E-state index is -0.783. The number of carboxylic acid groups (broad SMARTS) is 1. The second-order valence-corrected chi connectivity index (χ2v) is 4.02. The molecule has 1 aromatic carbocycles. The van der Waals surface area contributed by atoms with Crippen molar-refractivity contribution >= 4 is 17.1 Å². The molecule has 1 heterocycles. The average Bonchev–Trinajstić information content (AvgIpc) is 2.67. The number of hydrogen-bond donors (Lipinski definition) is 3. The molecule has 0 bridgehead atoms. The van der Waals surface area contributed by atoms with Crippen LogP contribution in [0.5, 0.6) is 0 Å². The number of aromatic amines is 1. The molecule has 96 valence electrons. The highest BCUT2D eigenvalue weighted by atomic mass is 16.4. The van der Waals surface area contributed by atoms with Gasteiger partial charge in [-0.1, -0.05) is 6.07 Å². The minimum Gasteiger partial charge on any atom is -0.481 e. The maximum Gasteiger partial charge on any atom is 0.417 e. The Balaban J connectivity index is 1.87. The summed E-state index contributed by atoms with van der Waals surface area (Å²) in [6.07, 6.45) is 0.765. The molecule has 6 heteroatoms. The summed E-state index contributed by atoms with van der Waals surface area (Å²) >= 11 is 0. The molecule has 0 aliphatic carbocycles. The lowest BCUT2D eigenvalue weighted by Crippen LogP contribution is -2.15. The summed E-state index contributed by atoms with van der Waals surface area (Å²) in [7, 11) is 0. The molecule has 0 atom stereocenters. The summed E-state index contributed by atoms with van der Waals surface area (Å²) in [5.41, 5.74) is 2.22. The Morgan fingerprint density at radius 3 is 3.06 bits per heavy atom. The van der Waals surface area contributed by atoms with Crippen LogP contribution in [0, 0.1) is 0 Å². The van der Waals surface area contributed by atoms with Gasteiger partial charge >= 0.3 is 11.7 Å². The molecule has 0 spiro atoms. The number of aliphatic carboxylic acids is 1.